The Hall–Kier alpha value is -2.90. The van der Waals surface area contributed by atoms with E-state index < -0.39 is 23.4 Å². The van der Waals surface area contributed by atoms with Crippen molar-refractivity contribution < 1.29 is 28.7 Å². The lowest BCUT2D eigenvalue weighted by Crippen LogP contribution is -2.37. The number of hydrogen-bond donors (Lipinski definition) is 1. The molecule has 0 aliphatic carbocycles. The highest BCUT2D eigenvalue weighted by atomic mass is 16.6. The van der Waals surface area contributed by atoms with Crippen LogP contribution in [0.3, 0.4) is 0 Å². The zero-order valence-electron chi connectivity index (χ0n) is 17.2. The molecule has 154 valence electrons. The van der Waals surface area contributed by atoms with Gasteiger partial charge in [0.15, 0.2) is 5.78 Å². The Morgan fingerprint density at radius 2 is 1.57 bits per heavy atom. The molecular formula is C20H28N2O6. The van der Waals surface area contributed by atoms with Gasteiger partial charge in [0.25, 0.3) is 0 Å². The summed E-state index contributed by atoms with van der Waals surface area (Å²) in [4.78, 5) is 48.8. The fourth-order valence-electron chi connectivity index (χ4n) is 2.16. The number of carbonyl (C=O) groups is 4. The van der Waals surface area contributed by atoms with Gasteiger partial charge in [0.05, 0.1) is 5.69 Å². The van der Waals surface area contributed by atoms with Crippen LogP contribution >= 0.6 is 0 Å². The van der Waals surface area contributed by atoms with Crippen LogP contribution in [0.4, 0.5) is 15.3 Å². The summed E-state index contributed by atoms with van der Waals surface area (Å²) in [6, 6.07) is 6.21. The highest BCUT2D eigenvalue weighted by molar-refractivity contribution is 6.10. The number of benzene rings is 1. The van der Waals surface area contributed by atoms with Crippen LogP contribution in [-0.2, 0) is 14.3 Å². The van der Waals surface area contributed by atoms with Crippen LogP contribution in [0.1, 0.15) is 58.3 Å². The number of imide groups is 1. The first-order chi connectivity index (χ1) is 12.8. The van der Waals surface area contributed by atoms with Crippen LogP contribution in [0.15, 0.2) is 24.3 Å². The van der Waals surface area contributed by atoms with Gasteiger partial charge in [-0.3, -0.25) is 9.59 Å². The molecule has 0 spiro atoms. The summed E-state index contributed by atoms with van der Waals surface area (Å²) in [5.41, 5.74) is -1.15. The van der Waals surface area contributed by atoms with Crippen molar-refractivity contribution in [2.24, 2.45) is 0 Å². The maximum Gasteiger partial charge on any atom is 0.421 e. The van der Waals surface area contributed by atoms with Crippen LogP contribution in [-0.4, -0.2) is 42.1 Å². The molecule has 1 N–H and O–H groups in total. The first-order valence-corrected chi connectivity index (χ1v) is 8.90. The number of carbonyl (C=O) groups excluding carboxylic acids is 4. The van der Waals surface area contributed by atoms with E-state index in [4.69, 9.17) is 9.47 Å². The van der Waals surface area contributed by atoms with Crippen molar-refractivity contribution in [2.75, 3.05) is 11.4 Å². The van der Waals surface area contributed by atoms with Gasteiger partial charge in [0, 0.05) is 18.5 Å². The van der Waals surface area contributed by atoms with Gasteiger partial charge in [-0.15, -0.1) is 0 Å². The maximum absolute atomic E-state index is 12.6. The summed E-state index contributed by atoms with van der Waals surface area (Å²) >= 11 is 0. The van der Waals surface area contributed by atoms with E-state index in [9.17, 15) is 19.2 Å². The molecule has 0 heterocycles. The smallest absolute Gasteiger partial charge is 0.421 e. The molecule has 0 fully saturated rings. The Balaban J connectivity index is 2.86. The SMILES string of the molecule is CC(C)(C)OC(=O)NCCC(=O)c1ccccc1N(C=O)C(=O)OC(C)(C)C. The van der Waals surface area contributed by atoms with Gasteiger partial charge < -0.3 is 14.8 Å². The van der Waals surface area contributed by atoms with Crippen molar-refractivity contribution in [1.82, 2.24) is 5.32 Å². The van der Waals surface area contributed by atoms with E-state index in [-0.39, 0.29) is 30.0 Å². The van der Waals surface area contributed by atoms with Crippen LogP contribution < -0.4 is 10.2 Å². The first-order valence-electron chi connectivity index (χ1n) is 8.90. The van der Waals surface area contributed by atoms with Crippen molar-refractivity contribution >= 4 is 30.1 Å². The molecule has 8 heteroatoms. The molecule has 0 radical (unpaired) electrons. The third-order valence-electron chi connectivity index (χ3n) is 3.18. The van der Waals surface area contributed by atoms with E-state index in [1.165, 1.54) is 12.1 Å². The first kappa shape index (κ1) is 23.1. The van der Waals surface area contributed by atoms with Crippen LogP contribution in [0, 0.1) is 0 Å². The van der Waals surface area contributed by atoms with Crippen molar-refractivity contribution in [3.63, 3.8) is 0 Å². The second-order valence-corrected chi connectivity index (χ2v) is 8.07. The molecule has 0 aromatic heterocycles. The number of amides is 3. The molecule has 3 amide bonds. The molecular weight excluding hydrogens is 364 g/mol. The summed E-state index contributed by atoms with van der Waals surface area (Å²) < 4.78 is 10.3. The quantitative estimate of drug-likeness (QED) is 0.585. The number of ketones is 1. The molecule has 28 heavy (non-hydrogen) atoms. The second kappa shape index (κ2) is 9.34. The Morgan fingerprint density at radius 3 is 2.11 bits per heavy atom. The maximum atomic E-state index is 12.6. The zero-order valence-corrected chi connectivity index (χ0v) is 17.2. The number of rotatable bonds is 6. The Bertz CT molecular complexity index is 731. The predicted molar refractivity (Wildman–Crippen MR) is 104 cm³/mol. The Morgan fingerprint density at radius 1 is 1.00 bits per heavy atom. The number of nitrogens with one attached hydrogen (secondary N) is 1. The predicted octanol–water partition coefficient (Wildman–Crippen LogP) is 3.68. The van der Waals surface area contributed by atoms with Crippen LogP contribution in [0.2, 0.25) is 0 Å². The van der Waals surface area contributed by atoms with Gasteiger partial charge >= 0.3 is 12.2 Å². The number of para-hydroxylation sites is 1. The van der Waals surface area contributed by atoms with E-state index >= 15 is 0 Å². The molecule has 8 nitrogen and oxygen atoms in total. The molecule has 0 atom stereocenters. The fraction of sp³-hybridized carbons (Fsp3) is 0.500. The molecule has 1 rings (SSSR count). The number of hydrogen-bond acceptors (Lipinski definition) is 6. The van der Waals surface area contributed by atoms with E-state index in [0.717, 1.165) is 4.90 Å². The lowest BCUT2D eigenvalue weighted by molar-refractivity contribution is -0.107. The van der Waals surface area contributed by atoms with Gasteiger partial charge in [0.2, 0.25) is 6.41 Å². The summed E-state index contributed by atoms with van der Waals surface area (Å²) in [6.45, 7) is 10.3. The van der Waals surface area contributed by atoms with Crippen LogP contribution in [0.5, 0.6) is 0 Å². The van der Waals surface area contributed by atoms with E-state index in [2.05, 4.69) is 5.32 Å². The number of anilines is 1. The second-order valence-electron chi connectivity index (χ2n) is 8.07. The Kier molecular flexibility index (Phi) is 7.72. The number of alkyl carbamates (subject to hydrolysis) is 1. The summed E-state index contributed by atoms with van der Waals surface area (Å²) in [6.07, 6.45) is -1.23. The molecule has 0 saturated heterocycles. The Labute approximate surface area is 165 Å². The van der Waals surface area contributed by atoms with Gasteiger partial charge in [0.1, 0.15) is 11.2 Å². The normalized spacial score (nSPS) is 11.4. The minimum Gasteiger partial charge on any atom is -0.444 e. The molecule has 0 saturated carbocycles. The molecule has 0 unspecified atom stereocenters. The van der Waals surface area contributed by atoms with Crippen molar-refractivity contribution in [3.8, 4) is 0 Å². The number of ether oxygens (including phenoxy) is 2. The average Bonchev–Trinajstić information content (AvgIpc) is 2.52. The van der Waals surface area contributed by atoms with Crippen LogP contribution in [0.25, 0.3) is 0 Å². The fourth-order valence-corrected chi connectivity index (χ4v) is 2.16. The molecule has 0 aliphatic heterocycles. The molecule has 1 aromatic rings. The minimum atomic E-state index is -0.880. The minimum absolute atomic E-state index is 0.0305. The van der Waals surface area contributed by atoms with Crippen molar-refractivity contribution in [3.05, 3.63) is 29.8 Å². The van der Waals surface area contributed by atoms with Gasteiger partial charge in [-0.25, -0.2) is 14.5 Å². The third-order valence-corrected chi connectivity index (χ3v) is 3.18. The van der Waals surface area contributed by atoms with E-state index in [1.807, 2.05) is 0 Å². The monoisotopic (exact) mass is 392 g/mol. The van der Waals surface area contributed by atoms with Crippen molar-refractivity contribution in [1.29, 1.82) is 0 Å². The summed E-state index contributed by atoms with van der Waals surface area (Å²) in [5, 5.41) is 2.50. The number of nitrogens with zero attached hydrogens (tertiary/aromatic N) is 1. The van der Waals surface area contributed by atoms with E-state index in [0.29, 0.717) is 6.41 Å². The summed E-state index contributed by atoms with van der Waals surface area (Å²) in [5.74, 6) is -0.345. The van der Waals surface area contributed by atoms with E-state index in [1.54, 1.807) is 53.7 Å². The third kappa shape index (κ3) is 7.77. The summed E-state index contributed by atoms with van der Waals surface area (Å²) in [7, 11) is 0. The highest BCUT2D eigenvalue weighted by Gasteiger charge is 2.26. The van der Waals surface area contributed by atoms with Gasteiger partial charge in [-0.2, -0.15) is 0 Å². The lowest BCUT2D eigenvalue weighted by Gasteiger charge is -2.24. The van der Waals surface area contributed by atoms with Gasteiger partial charge in [-0.1, -0.05) is 12.1 Å². The number of Topliss-reactive ketones (excluding diaryl/α,β-unsaturated/α-hetero) is 1. The highest BCUT2D eigenvalue weighted by Crippen LogP contribution is 2.23. The standard InChI is InChI=1S/C20H28N2O6/c1-19(2,3)27-17(25)21-12-11-16(24)14-9-7-8-10-15(14)22(13-23)18(26)28-20(4,5)6/h7-10,13H,11-12H2,1-6H3,(H,21,25). The lowest BCUT2D eigenvalue weighted by atomic mass is 10.1. The molecule has 1 aromatic carbocycles. The molecule has 0 bridgehead atoms. The zero-order chi connectivity index (χ0) is 21.5. The molecule has 0 aliphatic rings. The topological polar surface area (TPSA) is 102 Å². The average molecular weight is 392 g/mol. The van der Waals surface area contributed by atoms with Crippen molar-refractivity contribution in [2.45, 2.75) is 59.2 Å². The largest absolute Gasteiger partial charge is 0.444 e. The van der Waals surface area contributed by atoms with Gasteiger partial charge in [-0.05, 0) is 53.7 Å².